The number of thiocarbonyl (C=S) groups is 1. The van der Waals surface area contributed by atoms with E-state index in [0.717, 1.165) is 17.8 Å². The van der Waals surface area contributed by atoms with Gasteiger partial charge < -0.3 is 0 Å². The van der Waals surface area contributed by atoms with Crippen molar-refractivity contribution >= 4 is 17.1 Å². The van der Waals surface area contributed by atoms with Crippen LogP contribution in [0.25, 0.3) is 0 Å². The van der Waals surface area contributed by atoms with E-state index in [9.17, 15) is 0 Å². The summed E-state index contributed by atoms with van der Waals surface area (Å²) in [6.45, 7) is 6.75. The van der Waals surface area contributed by atoms with E-state index in [1.807, 2.05) is 0 Å². The van der Waals surface area contributed by atoms with Crippen LogP contribution in [0.15, 0.2) is 0 Å². The third-order valence-corrected chi connectivity index (χ3v) is 3.25. The molecule has 0 amide bonds. The van der Waals surface area contributed by atoms with Gasteiger partial charge in [0.25, 0.3) is 0 Å². The molecule has 0 N–H and O–H groups in total. The molecule has 11 heavy (non-hydrogen) atoms. The van der Waals surface area contributed by atoms with E-state index in [1.54, 1.807) is 0 Å². The fourth-order valence-electron chi connectivity index (χ4n) is 2.29. The standard InChI is InChI=1S/C10H18S/c1-7(2)9-5-4-6-10(9)8(3)11/h7,9-10H,4-6H2,1-3H3/t9-,10-/m0/s1. The first-order chi connectivity index (χ1) is 5.13. The number of rotatable bonds is 2. The Hall–Kier alpha value is 0.0900. The first-order valence-corrected chi connectivity index (χ1v) is 5.04. The molecular weight excluding hydrogens is 152 g/mol. The average molecular weight is 170 g/mol. The molecule has 0 bridgehead atoms. The van der Waals surface area contributed by atoms with Crippen LogP contribution in [0.4, 0.5) is 0 Å². The van der Waals surface area contributed by atoms with Gasteiger partial charge in [-0.3, -0.25) is 0 Å². The lowest BCUT2D eigenvalue weighted by Crippen LogP contribution is -2.19. The van der Waals surface area contributed by atoms with Gasteiger partial charge >= 0.3 is 0 Å². The average Bonchev–Trinajstić information content (AvgIpc) is 2.32. The maximum atomic E-state index is 5.25. The third-order valence-electron chi connectivity index (χ3n) is 2.95. The molecule has 0 aromatic rings. The smallest absolute Gasteiger partial charge is 0.00687 e. The molecular formula is C10H18S. The second-order valence-electron chi connectivity index (χ2n) is 4.06. The summed E-state index contributed by atoms with van der Waals surface area (Å²) in [4.78, 5) is 1.24. The molecule has 1 heteroatoms. The van der Waals surface area contributed by atoms with Crippen LogP contribution < -0.4 is 0 Å². The molecule has 0 radical (unpaired) electrons. The van der Waals surface area contributed by atoms with Crippen molar-refractivity contribution in [1.82, 2.24) is 0 Å². The van der Waals surface area contributed by atoms with Crippen molar-refractivity contribution in [1.29, 1.82) is 0 Å². The van der Waals surface area contributed by atoms with Gasteiger partial charge in [0, 0.05) is 0 Å². The molecule has 64 valence electrons. The SMILES string of the molecule is CC(=S)[C@@H]1CCC[C@H]1C(C)C. The summed E-state index contributed by atoms with van der Waals surface area (Å²) in [5.74, 6) is 2.46. The Kier molecular flexibility index (Phi) is 3.06. The minimum Gasteiger partial charge on any atom is -0.0897 e. The first kappa shape index (κ1) is 9.18. The van der Waals surface area contributed by atoms with Crippen molar-refractivity contribution in [2.24, 2.45) is 17.8 Å². The predicted molar refractivity (Wildman–Crippen MR) is 53.9 cm³/mol. The fraction of sp³-hybridized carbons (Fsp3) is 0.900. The summed E-state index contributed by atoms with van der Waals surface area (Å²) in [5.41, 5.74) is 0. The van der Waals surface area contributed by atoms with Gasteiger partial charge in [-0.1, -0.05) is 32.5 Å². The molecule has 0 saturated heterocycles. The van der Waals surface area contributed by atoms with Crippen molar-refractivity contribution in [2.75, 3.05) is 0 Å². The topological polar surface area (TPSA) is 0 Å². The van der Waals surface area contributed by atoms with Gasteiger partial charge in [0.2, 0.25) is 0 Å². The Balaban J connectivity index is 2.58. The summed E-state index contributed by atoms with van der Waals surface area (Å²) in [5, 5.41) is 0. The molecule has 0 heterocycles. The summed E-state index contributed by atoms with van der Waals surface area (Å²) in [6, 6.07) is 0. The van der Waals surface area contributed by atoms with Crippen molar-refractivity contribution < 1.29 is 0 Å². The van der Waals surface area contributed by atoms with Crippen molar-refractivity contribution in [3.05, 3.63) is 0 Å². The molecule has 2 atom stereocenters. The highest BCUT2D eigenvalue weighted by Crippen LogP contribution is 2.37. The molecule has 0 spiro atoms. The Morgan fingerprint density at radius 3 is 2.36 bits per heavy atom. The van der Waals surface area contributed by atoms with Crippen LogP contribution in [0.1, 0.15) is 40.0 Å². The zero-order valence-electron chi connectivity index (χ0n) is 7.76. The fourth-order valence-corrected chi connectivity index (χ4v) is 2.58. The van der Waals surface area contributed by atoms with Gasteiger partial charge in [0.1, 0.15) is 0 Å². The second-order valence-corrected chi connectivity index (χ2v) is 4.70. The maximum absolute atomic E-state index is 5.25. The minimum atomic E-state index is 0.755. The van der Waals surface area contributed by atoms with Gasteiger partial charge in [0.15, 0.2) is 0 Å². The lowest BCUT2D eigenvalue weighted by molar-refractivity contribution is 0.355. The molecule has 1 fully saturated rings. The van der Waals surface area contributed by atoms with Crippen LogP contribution in [-0.2, 0) is 0 Å². The molecule has 0 nitrogen and oxygen atoms in total. The van der Waals surface area contributed by atoms with E-state index < -0.39 is 0 Å². The Bertz CT molecular complexity index is 149. The zero-order valence-corrected chi connectivity index (χ0v) is 8.58. The Morgan fingerprint density at radius 2 is 2.00 bits per heavy atom. The lowest BCUT2D eigenvalue weighted by atomic mass is 9.85. The van der Waals surface area contributed by atoms with E-state index in [-0.39, 0.29) is 0 Å². The molecule has 1 saturated carbocycles. The summed E-state index contributed by atoms with van der Waals surface area (Å²) in [6.07, 6.45) is 4.13. The molecule has 0 aromatic carbocycles. The largest absolute Gasteiger partial charge is 0.0897 e. The maximum Gasteiger partial charge on any atom is -0.00687 e. The van der Waals surface area contributed by atoms with Gasteiger partial charge in [0.05, 0.1) is 0 Å². The van der Waals surface area contributed by atoms with E-state index in [4.69, 9.17) is 12.2 Å². The van der Waals surface area contributed by atoms with Gasteiger partial charge in [-0.05, 0) is 42.4 Å². The van der Waals surface area contributed by atoms with E-state index in [1.165, 1.54) is 24.1 Å². The highest BCUT2D eigenvalue weighted by atomic mass is 32.1. The highest BCUT2D eigenvalue weighted by molar-refractivity contribution is 7.80. The number of hydrogen-bond donors (Lipinski definition) is 0. The monoisotopic (exact) mass is 170 g/mol. The normalized spacial score (nSPS) is 31.3. The second kappa shape index (κ2) is 3.66. The lowest BCUT2D eigenvalue weighted by Gasteiger charge is -2.22. The van der Waals surface area contributed by atoms with Crippen molar-refractivity contribution in [3.63, 3.8) is 0 Å². The molecule has 1 rings (SSSR count). The Morgan fingerprint density at radius 1 is 1.36 bits per heavy atom. The summed E-state index contributed by atoms with van der Waals surface area (Å²) >= 11 is 5.25. The molecule has 0 aliphatic heterocycles. The van der Waals surface area contributed by atoms with E-state index in [2.05, 4.69) is 20.8 Å². The Labute approximate surface area is 75.4 Å². The van der Waals surface area contributed by atoms with Crippen molar-refractivity contribution in [2.45, 2.75) is 40.0 Å². The minimum absolute atomic E-state index is 0.755. The molecule has 0 aromatic heterocycles. The third kappa shape index (κ3) is 2.02. The summed E-state index contributed by atoms with van der Waals surface area (Å²) < 4.78 is 0. The van der Waals surface area contributed by atoms with Crippen LogP contribution in [0.3, 0.4) is 0 Å². The van der Waals surface area contributed by atoms with Crippen LogP contribution in [0, 0.1) is 17.8 Å². The van der Waals surface area contributed by atoms with Gasteiger partial charge in [-0.25, -0.2) is 0 Å². The van der Waals surface area contributed by atoms with Gasteiger partial charge in [-0.2, -0.15) is 0 Å². The van der Waals surface area contributed by atoms with E-state index in [0.29, 0.717) is 0 Å². The zero-order chi connectivity index (χ0) is 8.43. The predicted octanol–water partition coefficient (Wildman–Crippen LogP) is 3.45. The molecule has 0 unspecified atom stereocenters. The van der Waals surface area contributed by atoms with Crippen LogP contribution >= 0.6 is 12.2 Å². The first-order valence-electron chi connectivity index (χ1n) is 4.63. The van der Waals surface area contributed by atoms with E-state index >= 15 is 0 Å². The molecule has 1 aliphatic carbocycles. The highest BCUT2D eigenvalue weighted by Gasteiger charge is 2.30. The molecule has 1 aliphatic rings. The van der Waals surface area contributed by atoms with Crippen LogP contribution in [-0.4, -0.2) is 4.86 Å². The van der Waals surface area contributed by atoms with Crippen LogP contribution in [0.5, 0.6) is 0 Å². The van der Waals surface area contributed by atoms with Gasteiger partial charge in [-0.15, -0.1) is 0 Å². The van der Waals surface area contributed by atoms with Crippen molar-refractivity contribution in [3.8, 4) is 0 Å². The summed E-state index contributed by atoms with van der Waals surface area (Å²) in [7, 11) is 0. The quantitative estimate of drug-likeness (QED) is 0.572. The number of hydrogen-bond acceptors (Lipinski definition) is 1. The van der Waals surface area contributed by atoms with Crippen LogP contribution in [0.2, 0.25) is 0 Å².